The third-order valence-electron chi connectivity index (χ3n) is 5.49. The van der Waals surface area contributed by atoms with E-state index < -0.39 is 0 Å². The van der Waals surface area contributed by atoms with Gasteiger partial charge in [-0.1, -0.05) is 31.4 Å². The zero-order valence-electron chi connectivity index (χ0n) is 16.5. The number of hydrogen-bond donors (Lipinski definition) is 2. The van der Waals surface area contributed by atoms with Gasteiger partial charge in [0.15, 0.2) is 5.69 Å². The molecule has 1 aromatic carbocycles. The smallest absolute Gasteiger partial charge is 0.272 e. The van der Waals surface area contributed by atoms with Gasteiger partial charge in [0.1, 0.15) is 5.82 Å². The predicted molar refractivity (Wildman–Crippen MR) is 112 cm³/mol. The predicted octanol–water partition coefficient (Wildman–Crippen LogP) is 4.75. The third-order valence-corrected chi connectivity index (χ3v) is 5.49. The molecule has 3 aromatic rings. The Morgan fingerprint density at radius 1 is 1.14 bits per heavy atom. The van der Waals surface area contributed by atoms with E-state index in [0.717, 1.165) is 35.0 Å². The zero-order chi connectivity index (χ0) is 20.2. The number of carbonyl (C=O) groups excluding carboxylic acids is 1. The van der Waals surface area contributed by atoms with Crippen molar-refractivity contribution in [3.63, 3.8) is 0 Å². The van der Waals surface area contributed by atoms with E-state index in [0.29, 0.717) is 24.0 Å². The number of nitrogens with zero attached hydrogens (tertiary/aromatic N) is 2. The second kappa shape index (κ2) is 8.55. The number of pyridine rings is 2. The first-order valence-electron chi connectivity index (χ1n) is 10.2. The molecule has 2 aromatic heterocycles. The van der Waals surface area contributed by atoms with Crippen molar-refractivity contribution in [1.82, 2.24) is 15.3 Å². The van der Waals surface area contributed by atoms with Crippen molar-refractivity contribution in [2.75, 3.05) is 5.32 Å². The number of fused-ring (bicyclic) bond motifs is 1. The fourth-order valence-corrected chi connectivity index (χ4v) is 3.91. The molecule has 0 unspecified atom stereocenters. The number of carbonyl (C=O) groups is 1. The maximum atomic E-state index is 13.1. The lowest BCUT2D eigenvalue weighted by molar-refractivity contribution is 0.0946. The fraction of sp³-hybridized carbons (Fsp3) is 0.348. The topological polar surface area (TPSA) is 66.9 Å². The molecule has 5 nitrogen and oxygen atoms in total. The molecule has 0 spiro atoms. The summed E-state index contributed by atoms with van der Waals surface area (Å²) in [5.74, 6) is -0.555. The Hall–Kier alpha value is -3.02. The number of halogens is 1. The second-order valence-corrected chi connectivity index (χ2v) is 7.61. The van der Waals surface area contributed by atoms with E-state index >= 15 is 0 Å². The largest absolute Gasteiger partial charge is 0.379 e. The molecule has 6 heteroatoms. The zero-order valence-corrected chi connectivity index (χ0v) is 16.5. The number of benzene rings is 1. The monoisotopic (exact) mass is 392 g/mol. The first-order chi connectivity index (χ1) is 14.1. The Labute approximate surface area is 169 Å². The molecule has 150 valence electrons. The number of aromatic nitrogens is 2. The van der Waals surface area contributed by atoms with Gasteiger partial charge < -0.3 is 10.6 Å². The lowest BCUT2D eigenvalue weighted by Crippen LogP contribution is -2.28. The number of amides is 1. The quantitative estimate of drug-likeness (QED) is 0.657. The van der Waals surface area contributed by atoms with Gasteiger partial charge in [0.2, 0.25) is 0 Å². The lowest BCUT2D eigenvalue weighted by atomic mass is 9.95. The molecule has 2 N–H and O–H groups in total. The molecule has 0 bridgehead atoms. The Kier molecular flexibility index (Phi) is 5.69. The summed E-state index contributed by atoms with van der Waals surface area (Å²) in [5, 5.41) is 7.43. The number of rotatable bonds is 5. The van der Waals surface area contributed by atoms with Gasteiger partial charge in [-0.3, -0.25) is 9.78 Å². The van der Waals surface area contributed by atoms with E-state index in [2.05, 4.69) is 20.6 Å². The van der Waals surface area contributed by atoms with Gasteiger partial charge in [-0.15, -0.1) is 0 Å². The number of nitrogens with one attached hydrogen (secondary N) is 2. The Bertz CT molecular complexity index is 1010. The van der Waals surface area contributed by atoms with Crippen LogP contribution < -0.4 is 10.6 Å². The first-order valence-corrected chi connectivity index (χ1v) is 10.2. The molecule has 29 heavy (non-hydrogen) atoms. The average molecular weight is 392 g/mol. The van der Waals surface area contributed by atoms with E-state index in [1.165, 1.54) is 31.4 Å². The molecule has 0 radical (unpaired) electrons. The van der Waals surface area contributed by atoms with Crippen LogP contribution in [0.4, 0.5) is 10.1 Å². The van der Waals surface area contributed by atoms with Gasteiger partial charge >= 0.3 is 0 Å². The molecular formula is C23H25FN4O. The summed E-state index contributed by atoms with van der Waals surface area (Å²) in [7, 11) is 0. The van der Waals surface area contributed by atoms with Crippen LogP contribution in [0.2, 0.25) is 0 Å². The van der Waals surface area contributed by atoms with Crippen LogP contribution in [0.15, 0.2) is 42.6 Å². The van der Waals surface area contributed by atoms with Crippen molar-refractivity contribution in [2.24, 2.45) is 0 Å². The van der Waals surface area contributed by atoms with Crippen LogP contribution in [-0.4, -0.2) is 21.9 Å². The molecule has 1 fully saturated rings. The summed E-state index contributed by atoms with van der Waals surface area (Å²) in [5.41, 5.74) is 3.44. The highest BCUT2D eigenvalue weighted by atomic mass is 19.1. The normalized spacial score (nSPS) is 14.7. The number of aryl methyl sites for hydroxylation is 1. The highest BCUT2D eigenvalue weighted by Crippen LogP contribution is 2.30. The molecule has 4 rings (SSSR count). The Morgan fingerprint density at radius 2 is 1.90 bits per heavy atom. The summed E-state index contributed by atoms with van der Waals surface area (Å²) in [6.45, 7) is 2.20. The summed E-state index contributed by atoms with van der Waals surface area (Å²) >= 11 is 0. The van der Waals surface area contributed by atoms with Crippen LogP contribution >= 0.6 is 0 Å². The third kappa shape index (κ3) is 4.36. The molecule has 2 heterocycles. The highest BCUT2D eigenvalue weighted by Gasteiger charge is 2.22. The van der Waals surface area contributed by atoms with Crippen LogP contribution in [-0.2, 0) is 6.54 Å². The minimum Gasteiger partial charge on any atom is -0.379 e. The number of anilines is 1. The summed E-state index contributed by atoms with van der Waals surface area (Å²) < 4.78 is 13.1. The van der Waals surface area contributed by atoms with Gasteiger partial charge in [-0.25, -0.2) is 9.37 Å². The molecule has 1 aliphatic carbocycles. The summed E-state index contributed by atoms with van der Waals surface area (Å²) in [6, 6.07) is 10.3. The highest BCUT2D eigenvalue weighted by molar-refractivity contribution is 6.05. The molecular weight excluding hydrogens is 367 g/mol. The maximum absolute atomic E-state index is 13.1. The van der Waals surface area contributed by atoms with Crippen LogP contribution in [0.25, 0.3) is 10.9 Å². The fourth-order valence-electron chi connectivity index (χ4n) is 3.91. The molecule has 1 amide bonds. The van der Waals surface area contributed by atoms with Crippen LogP contribution in [0.5, 0.6) is 0 Å². The molecule has 0 saturated heterocycles. The summed E-state index contributed by atoms with van der Waals surface area (Å²) in [4.78, 5) is 22.2. The van der Waals surface area contributed by atoms with Crippen molar-refractivity contribution >= 4 is 22.5 Å². The van der Waals surface area contributed by atoms with E-state index in [1.807, 2.05) is 19.1 Å². The van der Waals surface area contributed by atoms with Gasteiger partial charge in [-0.2, -0.15) is 0 Å². The van der Waals surface area contributed by atoms with Crippen molar-refractivity contribution < 1.29 is 9.18 Å². The standard InChI is InChI=1S/C23H25FN4O/c1-15-19-8-5-13-25-20(19)21(28-18-6-3-2-4-7-18)22(27-15)23(29)26-14-16-9-11-17(24)12-10-16/h5,8-13,18,28H,2-4,6-7,14H2,1H3,(H,26,29). The summed E-state index contributed by atoms with van der Waals surface area (Å²) in [6.07, 6.45) is 7.54. The van der Waals surface area contributed by atoms with Crippen molar-refractivity contribution in [3.05, 3.63) is 65.4 Å². The van der Waals surface area contributed by atoms with Gasteiger partial charge in [0.25, 0.3) is 5.91 Å². The van der Waals surface area contributed by atoms with Crippen molar-refractivity contribution in [1.29, 1.82) is 0 Å². The van der Waals surface area contributed by atoms with Gasteiger partial charge in [0.05, 0.1) is 11.2 Å². The Morgan fingerprint density at radius 3 is 2.66 bits per heavy atom. The molecule has 1 saturated carbocycles. The SMILES string of the molecule is Cc1nc(C(=O)NCc2ccc(F)cc2)c(NC2CCCCC2)c2ncccc12. The van der Waals surface area contributed by atoms with E-state index in [1.54, 1.807) is 18.3 Å². The van der Waals surface area contributed by atoms with Gasteiger partial charge in [0, 0.05) is 29.9 Å². The van der Waals surface area contributed by atoms with Gasteiger partial charge in [-0.05, 0) is 49.6 Å². The minimum atomic E-state index is -0.295. The van der Waals surface area contributed by atoms with Crippen molar-refractivity contribution in [3.8, 4) is 0 Å². The van der Waals surface area contributed by atoms with E-state index in [4.69, 9.17) is 0 Å². The maximum Gasteiger partial charge on any atom is 0.272 e. The van der Waals surface area contributed by atoms with Crippen LogP contribution in [0.3, 0.4) is 0 Å². The van der Waals surface area contributed by atoms with Crippen molar-refractivity contribution in [2.45, 2.75) is 51.6 Å². The van der Waals surface area contributed by atoms with Crippen LogP contribution in [0.1, 0.15) is 53.8 Å². The lowest BCUT2D eigenvalue weighted by Gasteiger charge is -2.25. The van der Waals surface area contributed by atoms with E-state index in [-0.39, 0.29) is 11.7 Å². The molecule has 0 atom stereocenters. The van der Waals surface area contributed by atoms with E-state index in [9.17, 15) is 9.18 Å². The molecule has 1 aliphatic rings. The minimum absolute atomic E-state index is 0.261. The molecule has 0 aliphatic heterocycles. The van der Waals surface area contributed by atoms with Crippen LogP contribution in [0, 0.1) is 12.7 Å². The Balaban J connectivity index is 1.65. The number of hydrogen-bond acceptors (Lipinski definition) is 4. The first kappa shape index (κ1) is 19.3. The average Bonchev–Trinajstić information content (AvgIpc) is 2.76. The second-order valence-electron chi connectivity index (χ2n) is 7.61.